The van der Waals surface area contributed by atoms with Gasteiger partial charge in [-0.3, -0.25) is 4.90 Å². The van der Waals surface area contributed by atoms with Gasteiger partial charge in [-0.2, -0.15) is 0 Å². The van der Waals surface area contributed by atoms with Gasteiger partial charge in [-0.15, -0.1) is 0 Å². The Morgan fingerprint density at radius 3 is 1.60 bits per heavy atom. The number of hydrogen-bond acceptors (Lipinski definition) is 2. The molecule has 1 N–H and O–H groups in total. The third-order valence-corrected chi connectivity index (χ3v) is 3.61. The highest BCUT2D eigenvalue weighted by Crippen LogP contribution is 2.34. The number of nitrogens with zero attached hydrogens (tertiary/aromatic N) is 1. The monoisotopic (exact) mass is 215 g/mol. The Labute approximate surface area is 95.7 Å². The average Bonchev–Trinajstić information content (AvgIpc) is 2.16. The van der Waals surface area contributed by atoms with Gasteiger partial charge < -0.3 is 5.11 Å². The molecule has 0 fully saturated rings. The number of likely N-dealkylation sites (N-methyl/N-ethyl adjacent to an activating group) is 1. The SMILES string of the molecule is CCN(CC)C(C)(CC)C(O)C(C)(C)C. The summed E-state index contributed by atoms with van der Waals surface area (Å²) >= 11 is 0. The van der Waals surface area contributed by atoms with Crippen molar-refractivity contribution >= 4 is 0 Å². The zero-order valence-corrected chi connectivity index (χ0v) is 11.6. The lowest BCUT2D eigenvalue weighted by atomic mass is 9.75. The first-order chi connectivity index (χ1) is 6.73. The van der Waals surface area contributed by atoms with Gasteiger partial charge in [0, 0.05) is 5.54 Å². The summed E-state index contributed by atoms with van der Waals surface area (Å²) in [4.78, 5) is 2.36. The highest BCUT2D eigenvalue weighted by Gasteiger charge is 2.41. The normalized spacial score (nSPS) is 19.0. The molecular formula is C13H29NO. The topological polar surface area (TPSA) is 23.5 Å². The van der Waals surface area contributed by atoms with Gasteiger partial charge in [0.05, 0.1) is 6.10 Å². The minimum Gasteiger partial charge on any atom is -0.391 e. The third kappa shape index (κ3) is 3.18. The van der Waals surface area contributed by atoms with Crippen molar-refractivity contribution in [2.75, 3.05) is 13.1 Å². The molecule has 0 amide bonds. The lowest BCUT2D eigenvalue weighted by molar-refractivity contribution is -0.0747. The van der Waals surface area contributed by atoms with Gasteiger partial charge in [0.15, 0.2) is 0 Å². The molecule has 0 spiro atoms. The van der Waals surface area contributed by atoms with Crippen LogP contribution in [0.4, 0.5) is 0 Å². The highest BCUT2D eigenvalue weighted by molar-refractivity contribution is 4.96. The van der Waals surface area contributed by atoms with Crippen molar-refractivity contribution in [3.8, 4) is 0 Å². The van der Waals surface area contributed by atoms with E-state index in [0.717, 1.165) is 19.5 Å². The van der Waals surface area contributed by atoms with Crippen LogP contribution < -0.4 is 0 Å². The average molecular weight is 215 g/mol. The van der Waals surface area contributed by atoms with E-state index < -0.39 is 0 Å². The predicted molar refractivity (Wildman–Crippen MR) is 67.1 cm³/mol. The van der Waals surface area contributed by atoms with Crippen molar-refractivity contribution in [3.05, 3.63) is 0 Å². The Balaban J connectivity index is 4.98. The van der Waals surface area contributed by atoms with Crippen LogP contribution in [0, 0.1) is 5.41 Å². The van der Waals surface area contributed by atoms with Gasteiger partial charge in [-0.25, -0.2) is 0 Å². The van der Waals surface area contributed by atoms with Crippen molar-refractivity contribution in [2.45, 2.75) is 66.5 Å². The van der Waals surface area contributed by atoms with Crippen molar-refractivity contribution in [3.63, 3.8) is 0 Å². The molecule has 92 valence electrons. The molecule has 0 heterocycles. The van der Waals surface area contributed by atoms with E-state index in [0.29, 0.717) is 0 Å². The van der Waals surface area contributed by atoms with E-state index in [1.54, 1.807) is 0 Å². The molecule has 2 heteroatoms. The summed E-state index contributed by atoms with van der Waals surface area (Å²) in [7, 11) is 0. The Bertz CT molecular complexity index is 181. The minimum absolute atomic E-state index is 0.0622. The lowest BCUT2D eigenvalue weighted by Crippen LogP contribution is -2.58. The Hall–Kier alpha value is -0.0800. The predicted octanol–water partition coefficient (Wildman–Crippen LogP) is 2.90. The Morgan fingerprint density at radius 2 is 1.40 bits per heavy atom. The van der Waals surface area contributed by atoms with Crippen molar-refractivity contribution in [1.82, 2.24) is 4.90 Å². The molecule has 0 aromatic heterocycles. The minimum atomic E-state index is -0.296. The van der Waals surface area contributed by atoms with E-state index in [-0.39, 0.29) is 17.1 Å². The highest BCUT2D eigenvalue weighted by atomic mass is 16.3. The van der Waals surface area contributed by atoms with Crippen LogP contribution in [0.5, 0.6) is 0 Å². The van der Waals surface area contributed by atoms with Gasteiger partial charge >= 0.3 is 0 Å². The zero-order chi connectivity index (χ0) is 12.3. The fourth-order valence-electron chi connectivity index (χ4n) is 2.47. The zero-order valence-electron chi connectivity index (χ0n) is 11.6. The molecule has 2 unspecified atom stereocenters. The maximum atomic E-state index is 10.5. The van der Waals surface area contributed by atoms with E-state index >= 15 is 0 Å². The summed E-state index contributed by atoms with van der Waals surface area (Å²) < 4.78 is 0. The van der Waals surface area contributed by atoms with E-state index in [2.05, 4.69) is 53.4 Å². The molecule has 0 aliphatic carbocycles. The maximum Gasteiger partial charge on any atom is 0.0769 e. The summed E-state index contributed by atoms with van der Waals surface area (Å²) in [6.45, 7) is 17.0. The first kappa shape index (κ1) is 14.9. The van der Waals surface area contributed by atoms with E-state index in [1.807, 2.05) is 0 Å². The van der Waals surface area contributed by atoms with Crippen LogP contribution in [0.1, 0.15) is 54.9 Å². The second-order valence-electron chi connectivity index (χ2n) is 5.65. The Kier molecular flexibility index (Phi) is 5.28. The molecule has 0 aromatic carbocycles. The van der Waals surface area contributed by atoms with Crippen LogP contribution >= 0.6 is 0 Å². The fraction of sp³-hybridized carbons (Fsp3) is 1.00. The second kappa shape index (κ2) is 5.31. The summed E-state index contributed by atoms with van der Waals surface area (Å²) in [5.74, 6) is 0. The molecule has 0 aromatic rings. The second-order valence-corrected chi connectivity index (χ2v) is 5.65. The van der Waals surface area contributed by atoms with Crippen molar-refractivity contribution in [1.29, 1.82) is 0 Å². The smallest absolute Gasteiger partial charge is 0.0769 e. The molecule has 2 atom stereocenters. The number of aliphatic hydroxyl groups excluding tert-OH is 1. The van der Waals surface area contributed by atoms with Crippen LogP contribution in [0.15, 0.2) is 0 Å². The Morgan fingerprint density at radius 1 is 1.00 bits per heavy atom. The van der Waals surface area contributed by atoms with Crippen LogP contribution in [-0.2, 0) is 0 Å². The van der Waals surface area contributed by atoms with E-state index in [4.69, 9.17) is 0 Å². The first-order valence-electron chi connectivity index (χ1n) is 6.17. The standard InChI is InChI=1S/C13H29NO/c1-8-13(7,14(9-2)10-3)11(15)12(4,5)6/h11,15H,8-10H2,1-7H3. The van der Waals surface area contributed by atoms with Gasteiger partial charge in [-0.1, -0.05) is 41.5 Å². The van der Waals surface area contributed by atoms with Gasteiger partial charge in [0.25, 0.3) is 0 Å². The third-order valence-electron chi connectivity index (χ3n) is 3.61. The molecule has 15 heavy (non-hydrogen) atoms. The maximum absolute atomic E-state index is 10.5. The largest absolute Gasteiger partial charge is 0.391 e. The van der Waals surface area contributed by atoms with Gasteiger partial charge in [0.1, 0.15) is 0 Å². The molecule has 0 radical (unpaired) electrons. The quantitative estimate of drug-likeness (QED) is 0.762. The van der Waals surface area contributed by atoms with Crippen molar-refractivity contribution in [2.24, 2.45) is 5.41 Å². The molecule has 0 saturated carbocycles. The summed E-state index contributed by atoms with van der Waals surface area (Å²) in [5, 5.41) is 10.5. The van der Waals surface area contributed by atoms with Crippen LogP contribution in [0.25, 0.3) is 0 Å². The molecule has 2 nitrogen and oxygen atoms in total. The molecule has 0 rings (SSSR count). The van der Waals surface area contributed by atoms with Gasteiger partial charge in [-0.05, 0) is 31.8 Å². The number of hydrogen-bond donors (Lipinski definition) is 1. The molecule has 0 aliphatic rings. The van der Waals surface area contributed by atoms with E-state index in [1.165, 1.54) is 0 Å². The van der Waals surface area contributed by atoms with Crippen LogP contribution in [0.3, 0.4) is 0 Å². The van der Waals surface area contributed by atoms with Crippen molar-refractivity contribution < 1.29 is 5.11 Å². The number of rotatable bonds is 5. The number of aliphatic hydroxyl groups is 1. The summed E-state index contributed by atoms with van der Waals surface area (Å²) in [6.07, 6.45) is 0.683. The fourth-order valence-corrected chi connectivity index (χ4v) is 2.47. The summed E-state index contributed by atoms with van der Waals surface area (Å²) in [5.41, 5.74) is -0.172. The van der Waals surface area contributed by atoms with Gasteiger partial charge in [0.2, 0.25) is 0 Å². The molecule has 0 saturated heterocycles. The van der Waals surface area contributed by atoms with E-state index in [9.17, 15) is 5.11 Å². The molecule has 0 bridgehead atoms. The lowest BCUT2D eigenvalue weighted by Gasteiger charge is -2.48. The first-order valence-corrected chi connectivity index (χ1v) is 6.17. The molecular weight excluding hydrogens is 186 g/mol. The van der Waals surface area contributed by atoms with Crippen LogP contribution in [-0.4, -0.2) is 34.7 Å². The molecule has 0 aliphatic heterocycles. The summed E-state index contributed by atoms with van der Waals surface area (Å²) in [6, 6.07) is 0. The van der Waals surface area contributed by atoms with Crippen LogP contribution in [0.2, 0.25) is 0 Å².